The highest BCUT2D eigenvalue weighted by atomic mass is 19.1. The van der Waals surface area contributed by atoms with Gasteiger partial charge in [0.15, 0.2) is 11.6 Å². The van der Waals surface area contributed by atoms with Crippen molar-refractivity contribution in [2.45, 2.75) is 6.92 Å². The summed E-state index contributed by atoms with van der Waals surface area (Å²) in [5.74, 6) is -4.18. The molecule has 0 unspecified atom stereocenters. The maximum Gasteiger partial charge on any atom is 0.335 e. The van der Waals surface area contributed by atoms with E-state index in [4.69, 9.17) is 5.11 Å². The fraction of sp³-hybridized carbons (Fsp3) is 0.133. The number of benzene rings is 2. The molecule has 0 heterocycles. The molecule has 0 atom stereocenters. The lowest BCUT2D eigenvalue weighted by atomic mass is 10.1. The smallest absolute Gasteiger partial charge is 0.335 e. The van der Waals surface area contributed by atoms with E-state index in [0.717, 1.165) is 4.90 Å². The van der Waals surface area contributed by atoms with Gasteiger partial charge in [0.2, 0.25) is 0 Å². The van der Waals surface area contributed by atoms with E-state index in [1.165, 1.54) is 18.2 Å². The zero-order chi connectivity index (χ0) is 15.6. The first kappa shape index (κ1) is 14.9. The van der Waals surface area contributed by atoms with Crippen molar-refractivity contribution >= 4 is 17.3 Å². The van der Waals surface area contributed by atoms with Crippen molar-refractivity contribution in [1.82, 2.24) is 0 Å². The number of para-hydroxylation sites is 1. The molecule has 0 amide bonds. The summed E-state index contributed by atoms with van der Waals surface area (Å²) in [5.41, 5.74) is -0.966. The predicted octanol–water partition coefficient (Wildman–Crippen LogP) is 3.96. The summed E-state index contributed by atoms with van der Waals surface area (Å²) in [6.07, 6.45) is 0. The molecule has 0 aromatic heterocycles. The van der Waals surface area contributed by atoms with Crippen molar-refractivity contribution in [2.24, 2.45) is 0 Å². The molecule has 0 saturated carbocycles. The molecule has 2 rings (SSSR count). The minimum Gasteiger partial charge on any atom is -0.478 e. The first-order valence-corrected chi connectivity index (χ1v) is 6.20. The van der Waals surface area contributed by atoms with Gasteiger partial charge in [-0.15, -0.1) is 0 Å². The molecule has 2 aromatic rings. The van der Waals surface area contributed by atoms with Crippen LogP contribution >= 0.6 is 0 Å². The van der Waals surface area contributed by atoms with Gasteiger partial charge in [-0.1, -0.05) is 12.1 Å². The summed E-state index contributed by atoms with van der Waals surface area (Å²) < 4.78 is 41.9. The van der Waals surface area contributed by atoms with Crippen LogP contribution in [0.2, 0.25) is 0 Å². The van der Waals surface area contributed by atoms with Gasteiger partial charge >= 0.3 is 5.97 Å². The molecular formula is C15H12F3NO2. The number of halogens is 3. The van der Waals surface area contributed by atoms with E-state index in [2.05, 4.69) is 0 Å². The second kappa shape index (κ2) is 5.87. The van der Waals surface area contributed by atoms with Crippen molar-refractivity contribution in [3.8, 4) is 0 Å². The van der Waals surface area contributed by atoms with Gasteiger partial charge in [-0.25, -0.2) is 18.0 Å². The summed E-state index contributed by atoms with van der Waals surface area (Å²) in [6.45, 7) is 1.72. The number of anilines is 2. The van der Waals surface area contributed by atoms with Gasteiger partial charge in [0.25, 0.3) is 0 Å². The molecule has 0 spiro atoms. The third-order valence-corrected chi connectivity index (χ3v) is 2.99. The van der Waals surface area contributed by atoms with E-state index in [9.17, 15) is 18.0 Å². The molecule has 0 saturated heterocycles. The average Bonchev–Trinajstić information content (AvgIpc) is 2.43. The predicted molar refractivity (Wildman–Crippen MR) is 72.4 cm³/mol. The van der Waals surface area contributed by atoms with Gasteiger partial charge in [-0.05, 0) is 31.2 Å². The minimum absolute atomic E-state index is 0.0147. The van der Waals surface area contributed by atoms with Crippen LogP contribution in [0, 0.1) is 17.5 Å². The number of carboxylic acid groups (broad SMARTS) is 1. The minimum atomic E-state index is -1.44. The Morgan fingerprint density at radius 2 is 1.67 bits per heavy atom. The number of carboxylic acids is 1. The normalized spacial score (nSPS) is 10.5. The molecule has 3 nitrogen and oxygen atoms in total. The molecular weight excluding hydrogens is 283 g/mol. The number of carbonyl (C=O) groups is 1. The molecule has 0 aliphatic carbocycles. The molecule has 0 aliphatic heterocycles. The SMILES string of the molecule is CCN(c1ccccc1F)c1c(F)cc(C(=O)O)cc1F. The van der Waals surface area contributed by atoms with E-state index in [1.54, 1.807) is 13.0 Å². The molecule has 0 fully saturated rings. The van der Waals surface area contributed by atoms with Crippen molar-refractivity contribution in [2.75, 3.05) is 11.4 Å². The first-order chi connectivity index (χ1) is 9.95. The number of nitrogens with zero attached hydrogens (tertiary/aromatic N) is 1. The Morgan fingerprint density at radius 1 is 1.10 bits per heavy atom. The quantitative estimate of drug-likeness (QED) is 0.928. The first-order valence-electron chi connectivity index (χ1n) is 6.20. The van der Waals surface area contributed by atoms with Crippen LogP contribution < -0.4 is 4.90 Å². The summed E-state index contributed by atoms with van der Waals surface area (Å²) in [7, 11) is 0. The molecule has 0 bridgehead atoms. The third kappa shape index (κ3) is 2.84. The van der Waals surface area contributed by atoms with Crippen LogP contribution in [-0.2, 0) is 0 Å². The average molecular weight is 295 g/mol. The molecule has 1 N–H and O–H groups in total. The molecule has 0 aliphatic rings. The lowest BCUT2D eigenvalue weighted by Crippen LogP contribution is -2.20. The Hall–Kier alpha value is -2.50. The van der Waals surface area contributed by atoms with Crippen LogP contribution in [0.15, 0.2) is 36.4 Å². The van der Waals surface area contributed by atoms with Gasteiger partial charge < -0.3 is 10.0 Å². The highest BCUT2D eigenvalue weighted by Crippen LogP contribution is 2.32. The Morgan fingerprint density at radius 3 is 2.14 bits per heavy atom. The Kier molecular flexibility index (Phi) is 4.16. The second-order valence-corrected chi connectivity index (χ2v) is 4.29. The number of aromatic carboxylic acids is 1. The highest BCUT2D eigenvalue weighted by molar-refractivity contribution is 5.88. The van der Waals surface area contributed by atoms with Crippen molar-refractivity contribution in [3.63, 3.8) is 0 Å². The molecule has 21 heavy (non-hydrogen) atoms. The monoisotopic (exact) mass is 295 g/mol. The molecule has 6 heteroatoms. The molecule has 0 radical (unpaired) electrons. The van der Waals surface area contributed by atoms with Crippen molar-refractivity contribution in [1.29, 1.82) is 0 Å². The topological polar surface area (TPSA) is 40.5 Å². The largest absolute Gasteiger partial charge is 0.478 e. The molecule has 110 valence electrons. The van der Waals surface area contributed by atoms with E-state index in [-0.39, 0.29) is 12.2 Å². The third-order valence-electron chi connectivity index (χ3n) is 2.99. The zero-order valence-corrected chi connectivity index (χ0v) is 11.1. The van der Waals surface area contributed by atoms with Gasteiger partial charge in [0.1, 0.15) is 11.5 Å². The van der Waals surface area contributed by atoms with Crippen LogP contribution in [0.5, 0.6) is 0 Å². The van der Waals surface area contributed by atoms with Gasteiger partial charge in [0.05, 0.1) is 11.3 Å². The van der Waals surface area contributed by atoms with Crippen molar-refractivity contribution < 1.29 is 23.1 Å². The Labute approximate surface area is 119 Å². The van der Waals surface area contributed by atoms with E-state index in [1.807, 2.05) is 0 Å². The summed E-state index contributed by atoms with van der Waals surface area (Å²) >= 11 is 0. The van der Waals surface area contributed by atoms with E-state index < -0.39 is 34.7 Å². The lowest BCUT2D eigenvalue weighted by Gasteiger charge is -2.24. The standard InChI is InChI=1S/C15H12F3NO2/c1-2-19(13-6-4-3-5-10(13)16)14-11(17)7-9(15(20)21)8-12(14)18/h3-8H,2H2,1H3,(H,20,21). The van der Waals surface area contributed by atoms with Crippen LogP contribution in [-0.4, -0.2) is 17.6 Å². The van der Waals surface area contributed by atoms with E-state index in [0.29, 0.717) is 12.1 Å². The lowest BCUT2D eigenvalue weighted by molar-refractivity contribution is 0.0696. The van der Waals surface area contributed by atoms with Crippen LogP contribution in [0.1, 0.15) is 17.3 Å². The maximum atomic E-state index is 14.1. The Balaban J connectivity index is 2.59. The number of hydrogen-bond donors (Lipinski definition) is 1. The number of hydrogen-bond acceptors (Lipinski definition) is 2. The van der Waals surface area contributed by atoms with Crippen molar-refractivity contribution in [3.05, 3.63) is 59.4 Å². The second-order valence-electron chi connectivity index (χ2n) is 4.29. The van der Waals surface area contributed by atoms with E-state index >= 15 is 0 Å². The number of rotatable bonds is 4. The zero-order valence-electron chi connectivity index (χ0n) is 11.1. The van der Waals surface area contributed by atoms with Gasteiger partial charge in [-0.2, -0.15) is 0 Å². The fourth-order valence-electron chi connectivity index (χ4n) is 2.07. The highest BCUT2D eigenvalue weighted by Gasteiger charge is 2.22. The maximum absolute atomic E-state index is 14.1. The summed E-state index contributed by atoms with van der Waals surface area (Å²) in [5, 5.41) is 8.77. The Bertz CT molecular complexity index is 665. The van der Waals surface area contributed by atoms with Gasteiger partial charge in [0, 0.05) is 6.54 Å². The summed E-state index contributed by atoms with van der Waals surface area (Å²) in [4.78, 5) is 11.9. The van der Waals surface area contributed by atoms with Crippen LogP contribution in [0.25, 0.3) is 0 Å². The molecule has 2 aromatic carbocycles. The van der Waals surface area contributed by atoms with Gasteiger partial charge in [-0.3, -0.25) is 0 Å². The fourth-order valence-corrected chi connectivity index (χ4v) is 2.07. The van der Waals surface area contributed by atoms with Crippen LogP contribution in [0.4, 0.5) is 24.5 Å². The summed E-state index contributed by atoms with van der Waals surface area (Å²) in [6, 6.07) is 7.01. The van der Waals surface area contributed by atoms with Crippen LogP contribution in [0.3, 0.4) is 0 Å².